The first-order valence-electron chi connectivity index (χ1n) is 6.86. The molecule has 2 rings (SSSR count). The predicted molar refractivity (Wildman–Crippen MR) is 77.8 cm³/mol. The van der Waals surface area contributed by atoms with Gasteiger partial charge < -0.3 is 5.73 Å². The van der Waals surface area contributed by atoms with Crippen molar-refractivity contribution in [3.8, 4) is 0 Å². The minimum absolute atomic E-state index is 0.252. The van der Waals surface area contributed by atoms with Crippen molar-refractivity contribution in [3.05, 3.63) is 34.9 Å². The fourth-order valence-corrected chi connectivity index (χ4v) is 2.83. The molecule has 1 aromatic rings. The summed E-state index contributed by atoms with van der Waals surface area (Å²) in [6.45, 7) is 4.40. The Bertz CT molecular complexity index is 365. The van der Waals surface area contributed by atoms with Crippen molar-refractivity contribution >= 4 is 11.6 Å². The molecule has 1 aromatic carbocycles. The van der Waals surface area contributed by atoms with Gasteiger partial charge in [-0.1, -0.05) is 36.6 Å². The van der Waals surface area contributed by atoms with E-state index < -0.39 is 0 Å². The molecule has 1 aliphatic rings. The second kappa shape index (κ2) is 6.05. The Morgan fingerprint density at radius 2 is 1.67 bits per heavy atom. The minimum atomic E-state index is -0.252. The van der Waals surface area contributed by atoms with E-state index in [2.05, 4.69) is 24.0 Å². The first-order chi connectivity index (χ1) is 8.58. The molecule has 1 atom stereocenters. The topological polar surface area (TPSA) is 29.3 Å². The molecule has 1 unspecified atom stereocenters. The van der Waals surface area contributed by atoms with E-state index in [1.54, 1.807) is 0 Å². The van der Waals surface area contributed by atoms with Crippen LogP contribution in [0.4, 0.5) is 0 Å². The number of halogens is 1. The molecule has 0 radical (unpaired) electrons. The van der Waals surface area contributed by atoms with Crippen molar-refractivity contribution < 1.29 is 0 Å². The van der Waals surface area contributed by atoms with Crippen molar-refractivity contribution in [2.24, 2.45) is 5.73 Å². The zero-order chi connectivity index (χ0) is 13.0. The quantitative estimate of drug-likeness (QED) is 0.908. The lowest BCUT2D eigenvalue weighted by molar-refractivity contribution is 0.113. The van der Waals surface area contributed by atoms with Crippen LogP contribution in [-0.4, -0.2) is 23.7 Å². The molecule has 2 N–H and O–H groups in total. The maximum absolute atomic E-state index is 6.52. The summed E-state index contributed by atoms with van der Waals surface area (Å²) in [6, 6.07) is 8.03. The van der Waals surface area contributed by atoms with E-state index in [4.69, 9.17) is 17.3 Å². The maximum atomic E-state index is 6.52. The molecule has 0 aliphatic carbocycles. The van der Waals surface area contributed by atoms with Gasteiger partial charge in [-0.05, 0) is 50.6 Å². The number of rotatable bonds is 3. The van der Waals surface area contributed by atoms with Gasteiger partial charge in [-0.2, -0.15) is 0 Å². The Morgan fingerprint density at radius 1 is 1.11 bits per heavy atom. The molecular weight excluding hydrogens is 244 g/mol. The fraction of sp³-hybridized carbons (Fsp3) is 0.600. The summed E-state index contributed by atoms with van der Waals surface area (Å²) < 4.78 is 0. The molecule has 0 saturated carbocycles. The Kier molecular flexibility index (Phi) is 4.66. The molecule has 18 heavy (non-hydrogen) atoms. The van der Waals surface area contributed by atoms with Crippen LogP contribution in [0.25, 0.3) is 0 Å². The third-order valence-corrected chi connectivity index (χ3v) is 4.06. The van der Waals surface area contributed by atoms with E-state index in [0.29, 0.717) is 0 Å². The van der Waals surface area contributed by atoms with E-state index in [-0.39, 0.29) is 5.66 Å². The van der Waals surface area contributed by atoms with Gasteiger partial charge in [-0.25, -0.2) is 0 Å². The molecule has 0 bridgehead atoms. The van der Waals surface area contributed by atoms with E-state index in [1.807, 2.05) is 12.1 Å². The van der Waals surface area contributed by atoms with Gasteiger partial charge in [0.15, 0.2) is 0 Å². The van der Waals surface area contributed by atoms with Crippen LogP contribution < -0.4 is 5.73 Å². The molecule has 1 heterocycles. The normalized spacial score (nSPS) is 21.3. The summed E-state index contributed by atoms with van der Waals surface area (Å²) in [5.74, 6) is 0. The highest BCUT2D eigenvalue weighted by Crippen LogP contribution is 2.21. The van der Waals surface area contributed by atoms with Gasteiger partial charge >= 0.3 is 0 Å². The number of hydrogen-bond acceptors (Lipinski definition) is 2. The Hall–Kier alpha value is -0.570. The minimum Gasteiger partial charge on any atom is -0.313 e. The summed E-state index contributed by atoms with van der Waals surface area (Å²) in [6.07, 6.45) is 6.10. The summed E-state index contributed by atoms with van der Waals surface area (Å²) >= 11 is 5.91. The van der Waals surface area contributed by atoms with Crippen LogP contribution in [0.15, 0.2) is 24.3 Å². The molecular formula is C15H23ClN2. The van der Waals surface area contributed by atoms with Crippen molar-refractivity contribution in [2.75, 3.05) is 13.1 Å². The van der Waals surface area contributed by atoms with Gasteiger partial charge in [0.25, 0.3) is 0 Å². The lowest BCUT2D eigenvalue weighted by atomic mass is 10.00. The van der Waals surface area contributed by atoms with Crippen LogP contribution in [0.2, 0.25) is 5.02 Å². The summed E-state index contributed by atoms with van der Waals surface area (Å²) in [5.41, 5.74) is 7.53. The molecule has 0 aromatic heterocycles. The summed E-state index contributed by atoms with van der Waals surface area (Å²) in [5, 5.41) is 0.784. The fourth-order valence-electron chi connectivity index (χ4n) is 2.71. The number of likely N-dealkylation sites (tertiary alicyclic amines) is 1. The predicted octanol–water partition coefficient (Wildman–Crippen LogP) is 3.43. The Labute approximate surface area is 115 Å². The third-order valence-electron chi connectivity index (χ3n) is 3.80. The molecule has 3 heteroatoms. The standard InChI is InChI=1S/C15H23ClN2/c1-15(17,18-10-4-2-3-5-11-18)12-13-6-8-14(16)9-7-13/h6-9H,2-5,10-12,17H2,1H3. The molecule has 1 fully saturated rings. The first-order valence-corrected chi connectivity index (χ1v) is 7.24. The van der Waals surface area contributed by atoms with Crippen molar-refractivity contribution in [1.29, 1.82) is 0 Å². The highest BCUT2D eigenvalue weighted by Gasteiger charge is 2.27. The second-order valence-corrected chi connectivity index (χ2v) is 6.00. The van der Waals surface area contributed by atoms with Crippen LogP contribution in [0.5, 0.6) is 0 Å². The molecule has 2 nitrogen and oxygen atoms in total. The summed E-state index contributed by atoms with van der Waals surface area (Å²) in [7, 11) is 0. The first kappa shape index (κ1) is 13.9. The highest BCUT2D eigenvalue weighted by atomic mass is 35.5. The Balaban J connectivity index is 2.02. The van der Waals surface area contributed by atoms with Crippen molar-refractivity contribution in [3.63, 3.8) is 0 Å². The van der Waals surface area contributed by atoms with Crippen LogP contribution >= 0.6 is 11.6 Å². The van der Waals surface area contributed by atoms with Gasteiger partial charge in [-0.3, -0.25) is 4.90 Å². The maximum Gasteiger partial charge on any atom is 0.0699 e. The van der Waals surface area contributed by atoms with Gasteiger partial charge in [0, 0.05) is 11.4 Å². The number of benzene rings is 1. The molecule has 0 amide bonds. The van der Waals surface area contributed by atoms with E-state index in [9.17, 15) is 0 Å². The van der Waals surface area contributed by atoms with Crippen LogP contribution in [0, 0.1) is 0 Å². The van der Waals surface area contributed by atoms with Gasteiger partial charge in [0.1, 0.15) is 0 Å². The average Bonchev–Trinajstić information content (AvgIpc) is 2.61. The number of nitrogens with zero attached hydrogens (tertiary/aromatic N) is 1. The van der Waals surface area contributed by atoms with Crippen molar-refractivity contribution in [2.45, 2.75) is 44.7 Å². The van der Waals surface area contributed by atoms with Crippen LogP contribution in [-0.2, 0) is 6.42 Å². The van der Waals surface area contributed by atoms with E-state index in [0.717, 1.165) is 24.5 Å². The van der Waals surface area contributed by atoms with Crippen molar-refractivity contribution in [1.82, 2.24) is 4.90 Å². The van der Waals surface area contributed by atoms with Crippen LogP contribution in [0.1, 0.15) is 38.2 Å². The monoisotopic (exact) mass is 266 g/mol. The SMILES string of the molecule is CC(N)(Cc1ccc(Cl)cc1)N1CCCCCC1. The van der Waals surface area contributed by atoms with Gasteiger partial charge in [0.2, 0.25) is 0 Å². The van der Waals surface area contributed by atoms with Crippen LogP contribution in [0.3, 0.4) is 0 Å². The molecule has 0 spiro atoms. The molecule has 1 saturated heterocycles. The summed E-state index contributed by atoms with van der Waals surface area (Å²) in [4.78, 5) is 2.44. The number of nitrogens with two attached hydrogens (primary N) is 1. The lowest BCUT2D eigenvalue weighted by Gasteiger charge is -2.38. The molecule has 1 aliphatic heterocycles. The third kappa shape index (κ3) is 3.71. The van der Waals surface area contributed by atoms with Gasteiger partial charge in [0.05, 0.1) is 5.66 Å². The number of hydrogen-bond donors (Lipinski definition) is 1. The largest absolute Gasteiger partial charge is 0.313 e. The Morgan fingerprint density at radius 3 is 2.22 bits per heavy atom. The lowest BCUT2D eigenvalue weighted by Crippen LogP contribution is -2.55. The van der Waals surface area contributed by atoms with Gasteiger partial charge in [-0.15, -0.1) is 0 Å². The van der Waals surface area contributed by atoms with E-state index in [1.165, 1.54) is 31.2 Å². The highest BCUT2D eigenvalue weighted by molar-refractivity contribution is 6.30. The smallest absolute Gasteiger partial charge is 0.0699 e. The second-order valence-electron chi connectivity index (χ2n) is 5.56. The molecule has 100 valence electrons. The zero-order valence-electron chi connectivity index (χ0n) is 11.2. The average molecular weight is 267 g/mol. The zero-order valence-corrected chi connectivity index (χ0v) is 11.9. The van der Waals surface area contributed by atoms with E-state index >= 15 is 0 Å².